The monoisotopic (exact) mass is 329 g/mol. The van der Waals surface area contributed by atoms with Crippen molar-refractivity contribution in [2.24, 2.45) is 0 Å². The topological polar surface area (TPSA) is 36.4 Å². The molecule has 1 aromatic rings. The largest absolute Gasteiger partial charge is 0.417 e. The smallest absolute Gasteiger partial charge is 0.355 e. The van der Waals surface area contributed by atoms with Crippen LogP contribution in [0.4, 0.5) is 19.0 Å². The molecule has 0 aliphatic carbocycles. The third-order valence-corrected chi connectivity index (χ3v) is 3.99. The lowest BCUT2D eigenvalue weighted by Crippen LogP contribution is -2.35. The van der Waals surface area contributed by atoms with Crippen LogP contribution in [0.5, 0.6) is 0 Å². The van der Waals surface area contributed by atoms with Crippen molar-refractivity contribution >= 4 is 11.7 Å². The number of aromatic nitrogens is 1. The lowest BCUT2D eigenvalue weighted by Gasteiger charge is -2.23. The van der Waals surface area contributed by atoms with Gasteiger partial charge in [-0.25, -0.2) is 4.98 Å². The third kappa shape index (κ3) is 4.84. The lowest BCUT2D eigenvalue weighted by molar-refractivity contribution is -0.137. The van der Waals surface area contributed by atoms with E-state index in [9.17, 15) is 18.0 Å². The molecular formula is C16H22F3N3O. The fourth-order valence-electron chi connectivity index (χ4n) is 2.62. The summed E-state index contributed by atoms with van der Waals surface area (Å²) in [4.78, 5) is 19.8. The number of nitrogens with zero attached hydrogens (tertiary/aromatic N) is 3. The molecule has 7 heteroatoms. The van der Waals surface area contributed by atoms with E-state index in [1.165, 1.54) is 6.07 Å². The van der Waals surface area contributed by atoms with Crippen molar-refractivity contribution in [1.29, 1.82) is 0 Å². The second-order valence-electron chi connectivity index (χ2n) is 5.73. The molecule has 4 nitrogen and oxygen atoms in total. The number of anilines is 1. The van der Waals surface area contributed by atoms with Gasteiger partial charge in [-0.2, -0.15) is 13.2 Å². The van der Waals surface area contributed by atoms with Gasteiger partial charge in [-0.05, 0) is 25.0 Å². The summed E-state index contributed by atoms with van der Waals surface area (Å²) in [7, 11) is 0. The Morgan fingerprint density at radius 2 is 2.00 bits per heavy atom. The molecule has 0 N–H and O–H groups in total. The molecule has 1 saturated heterocycles. The molecular weight excluding hydrogens is 307 g/mol. The Kier molecular flexibility index (Phi) is 5.85. The maximum atomic E-state index is 12.6. The Morgan fingerprint density at radius 3 is 2.61 bits per heavy atom. The molecule has 1 amide bonds. The number of hydrogen-bond donors (Lipinski definition) is 0. The van der Waals surface area contributed by atoms with Crippen molar-refractivity contribution in [3.8, 4) is 0 Å². The van der Waals surface area contributed by atoms with Gasteiger partial charge in [0.1, 0.15) is 5.82 Å². The number of amides is 1. The minimum absolute atomic E-state index is 0.161. The predicted octanol–water partition coefficient (Wildman–Crippen LogP) is 3.33. The Balaban J connectivity index is 1.96. The molecule has 2 rings (SSSR count). The molecule has 0 radical (unpaired) electrons. The van der Waals surface area contributed by atoms with Crippen molar-refractivity contribution in [2.45, 2.75) is 38.8 Å². The van der Waals surface area contributed by atoms with Gasteiger partial charge in [0.25, 0.3) is 0 Å². The molecule has 1 fully saturated rings. The highest BCUT2D eigenvalue weighted by Gasteiger charge is 2.31. The predicted molar refractivity (Wildman–Crippen MR) is 82.2 cm³/mol. The molecule has 128 valence electrons. The van der Waals surface area contributed by atoms with Crippen LogP contribution in [0.25, 0.3) is 0 Å². The molecule has 0 aromatic carbocycles. The van der Waals surface area contributed by atoms with Crippen LogP contribution < -0.4 is 4.90 Å². The van der Waals surface area contributed by atoms with Gasteiger partial charge in [0, 0.05) is 38.8 Å². The number of carbonyl (C=O) groups is 1. The summed E-state index contributed by atoms with van der Waals surface area (Å²) >= 11 is 0. The van der Waals surface area contributed by atoms with E-state index in [0.717, 1.165) is 31.5 Å². The van der Waals surface area contributed by atoms with Crippen molar-refractivity contribution in [3.05, 3.63) is 23.9 Å². The summed E-state index contributed by atoms with van der Waals surface area (Å²) in [5.74, 6) is 0.690. The highest BCUT2D eigenvalue weighted by molar-refractivity contribution is 5.76. The van der Waals surface area contributed by atoms with Crippen LogP contribution in [0.3, 0.4) is 0 Å². The SMILES string of the molecule is CCCCC(=O)N1CCCN(c2ccc(C(F)(F)F)cn2)CC1. The van der Waals surface area contributed by atoms with Crippen LogP contribution in [0.15, 0.2) is 18.3 Å². The first-order valence-corrected chi connectivity index (χ1v) is 7.98. The van der Waals surface area contributed by atoms with E-state index < -0.39 is 11.7 Å². The van der Waals surface area contributed by atoms with Gasteiger partial charge in [-0.15, -0.1) is 0 Å². The number of hydrogen-bond acceptors (Lipinski definition) is 3. The Bertz CT molecular complexity index is 516. The van der Waals surface area contributed by atoms with Crippen molar-refractivity contribution < 1.29 is 18.0 Å². The molecule has 0 spiro atoms. The maximum Gasteiger partial charge on any atom is 0.417 e. The van der Waals surface area contributed by atoms with E-state index in [-0.39, 0.29) is 5.91 Å². The summed E-state index contributed by atoms with van der Waals surface area (Å²) in [6, 6.07) is 2.45. The fourth-order valence-corrected chi connectivity index (χ4v) is 2.62. The second-order valence-corrected chi connectivity index (χ2v) is 5.73. The van der Waals surface area contributed by atoms with E-state index in [4.69, 9.17) is 0 Å². The highest BCUT2D eigenvalue weighted by atomic mass is 19.4. The van der Waals surface area contributed by atoms with E-state index in [2.05, 4.69) is 4.98 Å². The Hall–Kier alpha value is -1.79. The van der Waals surface area contributed by atoms with Crippen molar-refractivity contribution in [2.75, 3.05) is 31.1 Å². The number of carbonyl (C=O) groups excluding carboxylic acids is 1. The number of rotatable bonds is 4. The van der Waals surface area contributed by atoms with Gasteiger partial charge in [0.15, 0.2) is 0 Å². The Labute approximate surface area is 134 Å². The number of unbranched alkanes of at least 4 members (excludes halogenated alkanes) is 1. The fraction of sp³-hybridized carbons (Fsp3) is 0.625. The Morgan fingerprint density at radius 1 is 1.22 bits per heavy atom. The molecule has 0 bridgehead atoms. The van der Waals surface area contributed by atoms with Crippen LogP contribution in [-0.2, 0) is 11.0 Å². The normalized spacial score (nSPS) is 16.3. The average molecular weight is 329 g/mol. The zero-order chi connectivity index (χ0) is 16.9. The van der Waals surface area contributed by atoms with Crippen LogP contribution >= 0.6 is 0 Å². The zero-order valence-electron chi connectivity index (χ0n) is 13.3. The molecule has 0 atom stereocenters. The average Bonchev–Trinajstić information content (AvgIpc) is 2.78. The van der Waals surface area contributed by atoms with Gasteiger partial charge in [0.05, 0.1) is 5.56 Å². The number of alkyl halides is 3. The summed E-state index contributed by atoms with van der Waals surface area (Å²) < 4.78 is 37.7. The van der Waals surface area contributed by atoms with Crippen molar-refractivity contribution in [1.82, 2.24) is 9.88 Å². The van der Waals surface area contributed by atoms with Gasteiger partial charge in [-0.1, -0.05) is 13.3 Å². The molecule has 1 aliphatic heterocycles. The van der Waals surface area contributed by atoms with Crippen LogP contribution in [0.1, 0.15) is 38.2 Å². The first-order chi connectivity index (χ1) is 10.9. The molecule has 1 aromatic heterocycles. The van der Waals surface area contributed by atoms with Crippen LogP contribution in [0, 0.1) is 0 Å². The van der Waals surface area contributed by atoms with Gasteiger partial charge < -0.3 is 9.80 Å². The van der Waals surface area contributed by atoms with Gasteiger partial charge in [-0.3, -0.25) is 4.79 Å². The summed E-state index contributed by atoms with van der Waals surface area (Å²) in [6.45, 7) is 4.62. The minimum Gasteiger partial charge on any atom is -0.355 e. The van der Waals surface area contributed by atoms with Crippen LogP contribution in [0.2, 0.25) is 0 Å². The summed E-state index contributed by atoms with van der Waals surface area (Å²) in [5.41, 5.74) is -0.743. The van der Waals surface area contributed by atoms with E-state index in [1.54, 1.807) is 0 Å². The summed E-state index contributed by atoms with van der Waals surface area (Å²) in [5, 5.41) is 0. The molecule has 0 saturated carbocycles. The van der Waals surface area contributed by atoms with Crippen molar-refractivity contribution in [3.63, 3.8) is 0 Å². The summed E-state index contributed by atoms with van der Waals surface area (Å²) in [6.07, 6.45) is -0.270. The lowest BCUT2D eigenvalue weighted by atomic mass is 10.2. The zero-order valence-corrected chi connectivity index (χ0v) is 13.3. The third-order valence-electron chi connectivity index (χ3n) is 3.99. The standard InChI is InChI=1S/C16H22F3N3O/c1-2-3-5-15(23)22-9-4-8-21(10-11-22)14-7-6-13(12-20-14)16(17,18)19/h6-7,12H,2-5,8-11H2,1H3. The number of pyridine rings is 1. The molecule has 2 heterocycles. The van der Waals surface area contributed by atoms with Crippen LogP contribution in [-0.4, -0.2) is 42.0 Å². The molecule has 0 unspecified atom stereocenters. The minimum atomic E-state index is -4.37. The first kappa shape index (κ1) is 17.6. The van der Waals surface area contributed by atoms with E-state index in [0.29, 0.717) is 38.4 Å². The highest BCUT2D eigenvalue weighted by Crippen LogP contribution is 2.29. The quantitative estimate of drug-likeness (QED) is 0.850. The number of halogens is 3. The van der Waals surface area contributed by atoms with Gasteiger partial charge >= 0.3 is 6.18 Å². The first-order valence-electron chi connectivity index (χ1n) is 7.98. The maximum absolute atomic E-state index is 12.6. The van der Waals surface area contributed by atoms with E-state index in [1.807, 2.05) is 16.7 Å². The van der Waals surface area contributed by atoms with E-state index >= 15 is 0 Å². The molecule has 23 heavy (non-hydrogen) atoms. The molecule has 1 aliphatic rings. The van der Waals surface area contributed by atoms with Gasteiger partial charge in [0.2, 0.25) is 5.91 Å². The second kappa shape index (κ2) is 7.66.